The lowest BCUT2D eigenvalue weighted by molar-refractivity contribution is -0.120. The lowest BCUT2D eigenvalue weighted by atomic mass is 10.2. The van der Waals surface area contributed by atoms with Crippen LogP contribution in [0.4, 0.5) is 10.1 Å². The van der Waals surface area contributed by atoms with Crippen LogP contribution in [-0.2, 0) is 11.3 Å². The van der Waals surface area contributed by atoms with Gasteiger partial charge in [-0.1, -0.05) is 13.0 Å². The Balaban J connectivity index is 2.64. The molecule has 0 aliphatic rings. The molecule has 1 amide bonds. The zero-order valence-electron chi connectivity index (χ0n) is 11.8. The molecule has 0 aliphatic heterocycles. The highest BCUT2D eigenvalue weighted by Gasteiger charge is 2.09. The molecule has 0 heterocycles. The molecule has 0 aromatic heterocycles. The van der Waals surface area contributed by atoms with Crippen molar-refractivity contribution in [3.63, 3.8) is 0 Å². The Morgan fingerprint density at radius 2 is 2.16 bits per heavy atom. The van der Waals surface area contributed by atoms with E-state index in [9.17, 15) is 9.18 Å². The van der Waals surface area contributed by atoms with E-state index in [-0.39, 0.29) is 11.7 Å². The summed E-state index contributed by atoms with van der Waals surface area (Å²) >= 11 is 0. The van der Waals surface area contributed by atoms with Gasteiger partial charge in [0.2, 0.25) is 5.91 Å². The summed E-state index contributed by atoms with van der Waals surface area (Å²) in [4.78, 5) is 12.9. The van der Waals surface area contributed by atoms with Gasteiger partial charge in [-0.05, 0) is 24.2 Å². The fraction of sp³-hybridized carbons (Fsp3) is 0.500. The highest BCUT2D eigenvalue weighted by Crippen LogP contribution is 2.19. The van der Waals surface area contributed by atoms with E-state index in [0.29, 0.717) is 25.2 Å². The minimum atomic E-state index is -0.255. The summed E-state index contributed by atoms with van der Waals surface area (Å²) in [5.41, 5.74) is 1.44. The minimum Gasteiger partial charge on any atom is -0.372 e. The first-order valence-electron chi connectivity index (χ1n) is 6.49. The van der Waals surface area contributed by atoms with E-state index in [1.54, 1.807) is 25.1 Å². The Bertz CT molecular complexity index is 423. The summed E-state index contributed by atoms with van der Waals surface area (Å²) in [6.07, 6.45) is 0.353. The summed E-state index contributed by atoms with van der Waals surface area (Å²) in [7, 11) is 3.38. The molecule has 0 fully saturated rings. The van der Waals surface area contributed by atoms with E-state index < -0.39 is 0 Å². The number of rotatable bonds is 7. The summed E-state index contributed by atoms with van der Waals surface area (Å²) in [5, 5.41) is 5.71. The van der Waals surface area contributed by atoms with Gasteiger partial charge in [-0.3, -0.25) is 4.79 Å². The maximum Gasteiger partial charge on any atom is 0.221 e. The first-order chi connectivity index (χ1) is 9.08. The lowest BCUT2D eigenvalue weighted by Gasteiger charge is -2.20. The van der Waals surface area contributed by atoms with Crippen molar-refractivity contribution in [1.82, 2.24) is 10.6 Å². The molecular weight excluding hydrogens is 245 g/mol. The summed E-state index contributed by atoms with van der Waals surface area (Å²) in [5.74, 6) is -0.300. The number of hydrogen-bond donors (Lipinski definition) is 2. The van der Waals surface area contributed by atoms with Crippen LogP contribution in [0.2, 0.25) is 0 Å². The van der Waals surface area contributed by atoms with Crippen LogP contribution in [0.3, 0.4) is 0 Å². The maximum atomic E-state index is 14.0. The number of carbonyl (C=O) groups is 1. The van der Waals surface area contributed by atoms with E-state index in [0.717, 1.165) is 12.1 Å². The second-order valence-electron chi connectivity index (χ2n) is 4.41. The van der Waals surface area contributed by atoms with Gasteiger partial charge in [-0.25, -0.2) is 4.39 Å². The van der Waals surface area contributed by atoms with Crippen molar-refractivity contribution in [3.05, 3.63) is 29.6 Å². The van der Waals surface area contributed by atoms with Gasteiger partial charge in [0.25, 0.3) is 0 Å². The van der Waals surface area contributed by atoms with Gasteiger partial charge in [0.15, 0.2) is 0 Å². The Morgan fingerprint density at radius 3 is 2.74 bits per heavy atom. The lowest BCUT2D eigenvalue weighted by Crippen LogP contribution is -2.26. The van der Waals surface area contributed by atoms with Gasteiger partial charge in [-0.2, -0.15) is 0 Å². The van der Waals surface area contributed by atoms with Gasteiger partial charge in [0, 0.05) is 33.6 Å². The quantitative estimate of drug-likeness (QED) is 0.787. The van der Waals surface area contributed by atoms with Gasteiger partial charge >= 0.3 is 0 Å². The number of halogens is 1. The van der Waals surface area contributed by atoms with E-state index in [2.05, 4.69) is 10.6 Å². The molecule has 5 heteroatoms. The van der Waals surface area contributed by atoms with Crippen molar-refractivity contribution in [3.8, 4) is 0 Å². The van der Waals surface area contributed by atoms with Crippen molar-refractivity contribution in [1.29, 1.82) is 0 Å². The Hall–Kier alpha value is -1.62. The van der Waals surface area contributed by atoms with Crippen LogP contribution in [0.15, 0.2) is 18.2 Å². The van der Waals surface area contributed by atoms with Crippen molar-refractivity contribution >= 4 is 11.6 Å². The topological polar surface area (TPSA) is 44.4 Å². The second-order valence-corrected chi connectivity index (χ2v) is 4.41. The minimum absolute atomic E-state index is 0.0453. The fourth-order valence-electron chi connectivity index (χ4n) is 1.75. The highest BCUT2D eigenvalue weighted by atomic mass is 19.1. The molecule has 0 bridgehead atoms. The average molecular weight is 267 g/mol. The standard InChI is InChI=1S/C14H22FN3O/c1-4-17-10-11-5-6-13(12(15)9-11)18(3)8-7-14(19)16-2/h5-6,9,17H,4,7-8,10H2,1-3H3,(H,16,19). The van der Waals surface area contributed by atoms with E-state index in [1.165, 1.54) is 6.07 Å². The predicted octanol–water partition coefficient (Wildman–Crippen LogP) is 1.51. The number of carbonyl (C=O) groups excluding carboxylic acids is 1. The molecule has 0 unspecified atom stereocenters. The number of benzene rings is 1. The number of anilines is 1. The molecule has 4 nitrogen and oxygen atoms in total. The van der Waals surface area contributed by atoms with Crippen LogP contribution >= 0.6 is 0 Å². The third kappa shape index (κ3) is 4.87. The molecule has 0 atom stereocenters. The molecule has 106 valence electrons. The molecule has 2 N–H and O–H groups in total. The van der Waals surface area contributed by atoms with Crippen molar-refractivity contribution in [2.45, 2.75) is 19.9 Å². The molecule has 19 heavy (non-hydrogen) atoms. The zero-order valence-corrected chi connectivity index (χ0v) is 11.8. The largest absolute Gasteiger partial charge is 0.372 e. The maximum absolute atomic E-state index is 14.0. The fourth-order valence-corrected chi connectivity index (χ4v) is 1.75. The van der Waals surface area contributed by atoms with E-state index in [1.807, 2.05) is 13.0 Å². The summed E-state index contributed by atoms with van der Waals surface area (Å²) < 4.78 is 14.0. The Morgan fingerprint density at radius 1 is 1.42 bits per heavy atom. The van der Waals surface area contributed by atoms with Crippen LogP contribution < -0.4 is 15.5 Å². The van der Waals surface area contributed by atoms with Crippen LogP contribution in [0.1, 0.15) is 18.9 Å². The van der Waals surface area contributed by atoms with E-state index in [4.69, 9.17) is 0 Å². The third-order valence-corrected chi connectivity index (χ3v) is 2.96. The van der Waals surface area contributed by atoms with Crippen molar-refractivity contribution < 1.29 is 9.18 Å². The SMILES string of the molecule is CCNCc1ccc(N(C)CCC(=O)NC)c(F)c1. The first-order valence-corrected chi connectivity index (χ1v) is 6.49. The normalized spacial score (nSPS) is 10.3. The van der Waals surface area contributed by atoms with Crippen LogP contribution in [0, 0.1) is 5.82 Å². The van der Waals surface area contributed by atoms with Crippen LogP contribution in [0.5, 0.6) is 0 Å². The van der Waals surface area contributed by atoms with Crippen LogP contribution in [0.25, 0.3) is 0 Å². The Kier molecular flexibility index (Phi) is 6.29. The van der Waals surface area contributed by atoms with Gasteiger partial charge in [-0.15, -0.1) is 0 Å². The van der Waals surface area contributed by atoms with Gasteiger partial charge < -0.3 is 15.5 Å². The van der Waals surface area contributed by atoms with Crippen molar-refractivity contribution in [2.24, 2.45) is 0 Å². The second kappa shape index (κ2) is 7.74. The predicted molar refractivity (Wildman–Crippen MR) is 75.7 cm³/mol. The highest BCUT2D eigenvalue weighted by molar-refractivity contribution is 5.76. The number of amides is 1. The Labute approximate surface area is 114 Å². The summed E-state index contributed by atoms with van der Waals surface area (Å²) in [6, 6.07) is 5.19. The molecule has 0 radical (unpaired) electrons. The van der Waals surface area contributed by atoms with Crippen LogP contribution in [-0.4, -0.2) is 33.1 Å². The smallest absolute Gasteiger partial charge is 0.221 e. The number of nitrogens with zero attached hydrogens (tertiary/aromatic N) is 1. The first kappa shape index (κ1) is 15.4. The third-order valence-electron chi connectivity index (χ3n) is 2.96. The summed E-state index contributed by atoms with van der Waals surface area (Å²) in [6.45, 7) is 4.02. The monoisotopic (exact) mass is 267 g/mol. The molecular formula is C14H22FN3O. The van der Waals surface area contributed by atoms with Crippen molar-refractivity contribution in [2.75, 3.05) is 32.1 Å². The average Bonchev–Trinajstić information content (AvgIpc) is 2.42. The van der Waals surface area contributed by atoms with E-state index >= 15 is 0 Å². The number of nitrogens with one attached hydrogen (secondary N) is 2. The molecule has 0 saturated carbocycles. The zero-order chi connectivity index (χ0) is 14.3. The van der Waals surface area contributed by atoms with Gasteiger partial charge in [0.05, 0.1) is 5.69 Å². The molecule has 0 saturated heterocycles. The molecule has 1 aromatic carbocycles. The molecule has 1 aromatic rings. The molecule has 1 rings (SSSR count). The molecule has 0 aliphatic carbocycles. The molecule has 0 spiro atoms. The number of hydrogen-bond acceptors (Lipinski definition) is 3. The van der Waals surface area contributed by atoms with Gasteiger partial charge in [0.1, 0.15) is 5.82 Å².